The van der Waals surface area contributed by atoms with Crippen LogP contribution in [0.2, 0.25) is 0 Å². The van der Waals surface area contributed by atoms with Crippen LogP contribution in [0.1, 0.15) is 0 Å². The van der Waals surface area contributed by atoms with Crippen LogP contribution in [0.4, 0.5) is 0 Å². The molecule has 0 amide bonds. The Morgan fingerprint density at radius 1 is 1.33 bits per heavy atom. The van der Waals surface area contributed by atoms with Gasteiger partial charge in [0.15, 0.2) is 0 Å². The molecule has 1 saturated heterocycles. The summed E-state index contributed by atoms with van der Waals surface area (Å²) in [6, 6.07) is 0. The Morgan fingerprint density at radius 3 is 2.00 bits per heavy atom. The van der Waals surface area contributed by atoms with Crippen molar-refractivity contribution in [2.45, 2.75) is 4.30 Å². The zero-order chi connectivity index (χ0) is 4.41. The largest absolute Gasteiger partial charge is 0.342 e. The van der Waals surface area contributed by atoms with Gasteiger partial charge in [-0.05, 0) is 22.6 Å². The maximum Gasteiger partial charge on any atom is 0.210 e. The molecule has 1 rings (SSSR count). The van der Waals surface area contributed by atoms with Gasteiger partial charge in [-0.2, -0.15) is 0 Å². The maximum absolute atomic E-state index is 4.92. The van der Waals surface area contributed by atoms with Gasteiger partial charge in [0.2, 0.25) is 4.30 Å². The smallest absolute Gasteiger partial charge is 0.210 e. The molecule has 0 spiro atoms. The van der Waals surface area contributed by atoms with E-state index >= 15 is 0 Å². The third kappa shape index (κ3) is 1.06. The van der Waals surface area contributed by atoms with Gasteiger partial charge in [-0.25, -0.2) is 0 Å². The Labute approximate surface area is 50.0 Å². The topological polar surface area (TPSA) is 18.5 Å². The molecule has 0 bridgehead atoms. The molecule has 36 valence electrons. The zero-order valence-corrected chi connectivity index (χ0v) is 5.34. The average Bonchev–Trinajstić information content (AvgIpc) is 1.86. The molecule has 1 aliphatic heterocycles. The minimum absolute atomic E-state index is 0.0163. The molecule has 1 fully saturated rings. The fourth-order valence-electron chi connectivity index (χ4n) is 0.330. The van der Waals surface area contributed by atoms with Crippen molar-refractivity contribution < 1.29 is 9.47 Å². The first-order valence-corrected chi connectivity index (χ1v) is 3.01. The molecule has 0 aromatic carbocycles. The van der Waals surface area contributed by atoms with Gasteiger partial charge in [-0.3, -0.25) is 0 Å². The van der Waals surface area contributed by atoms with E-state index in [0.717, 1.165) is 13.2 Å². The Balaban J connectivity index is 2.18. The predicted molar refractivity (Wildman–Crippen MR) is 29.7 cm³/mol. The summed E-state index contributed by atoms with van der Waals surface area (Å²) in [5.74, 6) is 0. The summed E-state index contributed by atoms with van der Waals surface area (Å²) in [6.45, 7) is 1.52. The van der Waals surface area contributed by atoms with Gasteiger partial charge in [0.1, 0.15) is 0 Å². The summed E-state index contributed by atoms with van der Waals surface area (Å²) in [4.78, 5) is 0. The van der Waals surface area contributed by atoms with Crippen LogP contribution in [-0.4, -0.2) is 17.5 Å². The van der Waals surface area contributed by atoms with Crippen molar-refractivity contribution in [2.75, 3.05) is 13.2 Å². The highest BCUT2D eigenvalue weighted by atomic mass is 127. The van der Waals surface area contributed by atoms with Crippen LogP contribution in [0.3, 0.4) is 0 Å². The summed E-state index contributed by atoms with van der Waals surface area (Å²) < 4.78 is 9.85. The molecule has 0 N–H and O–H groups in total. The highest BCUT2D eigenvalue weighted by Gasteiger charge is 2.09. The van der Waals surface area contributed by atoms with Crippen LogP contribution in [-0.2, 0) is 9.47 Å². The molecule has 1 heterocycles. The highest BCUT2D eigenvalue weighted by molar-refractivity contribution is 14.1. The SMILES string of the molecule is IC1OCCO1. The first-order chi connectivity index (χ1) is 2.89. The molecule has 0 radical (unpaired) electrons. The van der Waals surface area contributed by atoms with Crippen molar-refractivity contribution in [1.29, 1.82) is 0 Å². The van der Waals surface area contributed by atoms with E-state index in [9.17, 15) is 0 Å². The highest BCUT2D eigenvalue weighted by Crippen LogP contribution is 2.09. The van der Waals surface area contributed by atoms with E-state index in [4.69, 9.17) is 9.47 Å². The van der Waals surface area contributed by atoms with Gasteiger partial charge in [0.25, 0.3) is 0 Å². The minimum atomic E-state index is 0.0163. The fourth-order valence-corrected chi connectivity index (χ4v) is 0.838. The van der Waals surface area contributed by atoms with E-state index in [1.165, 1.54) is 0 Å². The monoisotopic (exact) mass is 200 g/mol. The molecule has 6 heavy (non-hydrogen) atoms. The summed E-state index contributed by atoms with van der Waals surface area (Å²) in [7, 11) is 0. The van der Waals surface area contributed by atoms with E-state index in [0.29, 0.717) is 0 Å². The molecular formula is C3H5IO2. The first-order valence-electron chi connectivity index (χ1n) is 1.77. The van der Waals surface area contributed by atoms with Gasteiger partial charge in [-0.1, -0.05) is 0 Å². The molecular weight excluding hydrogens is 195 g/mol. The van der Waals surface area contributed by atoms with Gasteiger partial charge in [-0.15, -0.1) is 0 Å². The van der Waals surface area contributed by atoms with Gasteiger partial charge in [0, 0.05) is 0 Å². The standard InChI is InChI=1S/C3H5IO2/c4-3-5-1-2-6-3/h3H,1-2H2. The summed E-state index contributed by atoms with van der Waals surface area (Å²) >= 11 is 2.09. The molecule has 0 saturated carbocycles. The summed E-state index contributed by atoms with van der Waals surface area (Å²) in [5, 5.41) is 0. The molecule has 0 aromatic rings. The average molecular weight is 200 g/mol. The lowest BCUT2D eigenvalue weighted by Crippen LogP contribution is -1.91. The van der Waals surface area contributed by atoms with Crippen LogP contribution in [0, 0.1) is 0 Å². The van der Waals surface area contributed by atoms with E-state index < -0.39 is 0 Å². The van der Waals surface area contributed by atoms with Crippen molar-refractivity contribution in [2.24, 2.45) is 0 Å². The third-order valence-electron chi connectivity index (χ3n) is 0.581. The van der Waals surface area contributed by atoms with Gasteiger partial charge in [0.05, 0.1) is 13.2 Å². The predicted octanol–water partition coefficient (Wildman–Crippen LogP) is 0.752. The number of halogens is 1. The lowest BCUT2D eigenvalue weighted by Gasteiger charge is -1.92. The van der Waals surface area contributed by atoms with Crippen LogP contribution < -0.4 is 0 Å². The molecule has 1 aliphatic rings. The Kier molecular flexibility index (Phi) is 1.67. The lowest BCUT2D eigenvalue weighted by molar-refractivity contribution is 0.0496. The Morgan fingerprint density at radius 2 is 1.83 bits per heavy atom. The van der Waals surface area contributed by atoms with Crippen LogP contribution in [0.15, 0.2) is 0 Å². The molecule has 0 atom stereocenters. The van der Waals surface area contributed by atoms with E-state index in [1.807, 2.05) is 0 Å². The second-order valence-electron chi connectivity index (χ2n) is 1.02. The minimum Gasteiger partial charge on any atom is -0.342 e. The van der Waals surface area contributed by atoms with Gasteiger partial charge >= 0.3 is 0 Å². The molecule has 0 aliphatic carbocycles. The van der Waals surface area contributed by atoms with Crippen molar-refractivity contribution in [3.05, 3.63) is 0 Å². The number of rotatable bonds is 0. The fraction of sp³-hybridized carbons (Fsp3) is 1.00. The molecule has 2 nitrogen and oxygen atoms in total. The lowest BCUT2D eigenvalue weighted by atomic mass is 10.8. The third-order valence-corrected chi connectivity index (χ3v) is 1.30. The molecule has 3 heteroatoms. The van der Waals surface area contributed by atoms with Crippen molar-refractivity contribution >= 4 is 22.6 Å². The van der Waals surface area contributed by atoms with Crippen LogP contribution >= 0.6 is 22.6 Å². The van der Waals surface area contributed by atoms with Crippen LogP contribution in [0.25, 0.3) is 0 Å². The van der Waals surface area contributed by atoms with Crippen molar-refractivity contribution in [1.82, 2.24) is 0 Å². The normalized spacial score (nSPS) is 25.5. The zero-order valence-electron chi connectivity index (χ0n) is 3.19. The summed E-state index contributed by atoms with van der Waals surface area (Å²) in [5.41, 5.74) is 0. The Bertz CT molecular complexity index is 42.1. The Hall–Kier alpha value is 0.650. The van der Waals surface area contributed by atoms with Crippen molar-refractivity contribution in [3.8, 4) is 0 Å². The number of ether oxygens (including phenoxy) is 2. The second kappa shape index (κ2) is 2.09. The first kappa shape index (κ1) is 4.80. The van der Waals surface area contributed by atoms with Crippen molar-refractivity contribution in [3.63, 3.8) is 0 Å². The summed E-state index contributed by atoms with van der Waals surface area (Å²) in [6.07, 6.45) is 0. The second-order valence-corrected chi connectivity index (χ2v) is 2.03. The number of hydrogen-bond acceptors (Lipinski definition) is 2. The number of alkyl halides is 1. The molecule has 0 aromatic heterocycles. The molecule has 0 unspecified atom stereocenters. The van der Waals surface area contributed by atoms with E-state index in [-0.39, 0.29) is 4.30 Å². The van der Waals surface area contributed by atoms with Gasteiger partial charge < -0.3 is 9.47 Å². The quantitative estimate of drug-likeness (QED) is 0.424. The maximum atomic E-state index is 4.92. The van der Waals surface area contributed by atoms with Crippen LogP contribution in [0.5, 0.6) is 0 Å². The number of hydrogen-bond donors (Lipinski definition) is 0. The van der Waals surface area contributed by atoms with E-state index in [1.54, 1.807) is 0 Å². The van der Waals surface area contributed by atoms with E-state index in [2.05, 4.69) is 22.6 Å².